The summed E-state index contributed by atoms with van der Waals surface area (Å²) in [5.41, 5.74) is 4.78. The highest BCUT2D eigenvalue weighted by Crippen LogP contribution is 2.14. The van der Waals surface area contributed by atoms with Crippen LogP contribution in [0.25, 0.3) is 0 Å². The van der Waals surface area contributed by atoms with E-state index in [4.69, 9.17) is 10.3 Å². The quantitative estimate of drug-likeness (QED) is 0.647. The van der Waals surface area contributed by atoms with Gasteiger partial charge in [0.15, 0.2) is 0 Å². The molecule has 6 heteroatoms. The van der Waals surface area contributed by atoms with Crippen LogP contribution in [0.4, 0.5) is 0 Å². The third-order valence-corrected chi connectivity index (χ3v) is 3.11. The number of thioether (sulfide) groups is 1. The molecule has 4 nitrogen and oxygen atoms in total. The van der Waals surface area contributed by atoms with Crippen molar-refractivity contribution >= 4 is 21.9 Å². The molecule has 0 aliphatic carbocycles. The van der Waals surface area contributed by atoms with Gasteiger partial charge in [-0.05, 0) is 24.3 Å². The molecule has 12 heavy (non-hydrogen) atoms. The summed E-state index contributed by atoms with van der Waals surface area (Å²) in [6.45, 7) is -0.0289. The lowest BCUT2D eigenvalue weighted by atomic mass is 10.4. The van der Waals surface area contributed by atoms with Gasteiger partial charge in [-0.25, -0.2) is 0 Å². The highest BCUT2D eigenvalue weighted by Gasteiger charge is 1.98. The molecule has 0 saturated carbocycles. The molecule has 0 spiro atoms. The Labute approximate surface area is 77.7 Å². The highest BCUT2D eigenvalue weighted by atomic mass is 32.2. The lowest BCUT2D eigenvalue weighted by Crippen LogP contribution is -2.13. The van der Waals surface area contributed by atoms with Crippen LogP contribution in [0.15, 0.2) is 0 Å². The maximum absolute atomic E-state index is 9.71. The molecule has 3 N–H and O–H groups in total. The zero-order valence-electron chi connectivity index (χ0n) is 6.90. The number of rotatable bonds is 2. The van der Waals surface area contributed by atoms with Crippen molar-refractivity contribution in [1.82, 2.24) is 0 Å². The fourth-order valence-electron chi connectivity index (χ4n) is 0.659. The first-order chi connectivity index (χ1) is 5.56. The molecule has 1 saturated heterocycles. The Hall–Kier alpha value is 0.220. The molecule has 74 valence electrons. The van der Waals surface area contributed by atoms with Gasteiger partial charge in [-0.15, -0.1) is 0 Å². The second-order valence-corrected chi connectivity index (χ2v) is 5.19. The summed E-state index contributed by atoms with van der Waals surface area (Å²) in [6.07, 6.45) is 2.93. The maximum atomic E-state index is 9.71. The fraction of sp³-hybridized carbons (Fsp3) is 1.00. The Kier molecular flexibility index (Phi) is 6.83. The van der Waals surface area contributed by atoms with Crippen LogP contribution < -0.4 is 5.73 Å². The van der Waals surface area contributed by atoms with Crippen molar-refractivity contribution in [3.05, 3.63) is 0 Å². The van der Waals surface area contributed by atoms with Crippen molar-refractivity contribution < 1.29 is 13.0 Å². The van der Waals surface area contributed by atoms with Crippen LogP contribution in [0.3, 0.4) is 0 Å². The van der Waals surface area contributed by atoms with Gasteiger partial charge in [-0.1, -0.05) is 0 Å². The third kappa shape index (κ3) is 10.2. The fourth-order valence-corrected chi connectivity index (χ4v) is 1.98. The molecule has 0 aromatic heterocycles. The van der Waals surface area contributed by atoms with E-state index in [1.807, 2.05) is 0 Å². The van der Waals surface area contributed by atoms with Crippen molar-refractivity contribution in [2.45, 2.75) is 12.8 Å². The largest absolute Gasteiger partial charge is 0.329 e. The van der Waals surface area contributed by atoms with Crippen LogP contribution in [0.5, 0.6) is 0 Å². The molecule has 0 unspecified atom stereocenters. The maximum Gasteiger partial charge on any atom is 0.266 e. The zero-order valence-corrected chi connectivity index (χ0v) is 8.53. The molecular formula is C6H15NO3S2. The summed E-state index contributed by atoms with van der Waals surface area (Å²) in [5, 5.41) is 0. The number of nitrogens with two attached hydrogens (primary N) is 1. The molecule has 1 rings (SSSR count). The molecule has 0 amide bonds. The second kappa shape index (κ2) is 6.71. The summed E-state index contributed by atoms with van der Waals surface area (Å²) in [5.74, 6) is 2.48. The normalized spacial score (nSPS) is 16.8. The van der Waals surface area contributed by atoms with Crippen LogP contribution in [-0.2, 0) is 10.1 Å². The van der Waals surface area contributed by atoms with Gasteiger partial charge in [0.05, 0.1) is 5.75 Å². The standard InChI is InChI=1S/C4H8S.C2H7NO3S/c1-2-4-5-3-1;3-1-2-7(4,5)6/h1-4H2;1-3H2,(H,4,5,6). The molecule has 0 bridgehead atoms. The average Bonchev–Trinajstić information content (AvgIpc) is 2.38. The molecule has 0 aromatic rings. The van der Waals surface area contributed by atoms with Crippen molar-refractivity contribution in [3.63, 3.8) is 0 Å². The van der Waals surface area contributed by atoms with Crippen LogP contribution >= 0.6 is 11.8 Å². The Balaban J connectivity index is 0.000000211. The number of hydrogen-bond donors (Lipinski definition) is 2. The van der Waals surface area contributed by atoms with Gasteiger partial charge in [-0.3, -0.25) is 4.55 Å². The first-order valence-electron chi connectivity index (χ1n) is 3.79. The average molecular weight is 213 g/mol. The van der Waals surface area contributed by atoms with Gasteiger partial charge in [0.1, 0.15) is 0 Å². The van der Waals surface area contributed by atoms with Gasteiger partial charge in [0.2, 0.25) is 0 Å². The first-order valence-corrected chi connectivity index (χ1v) is 6.55. The lowest BCUT2D eigenvalue weighted by molar-refractivity contribution is 0.483. The molecule has 1 aliphatic rings. The van der Waals surface area contributed by atoms with Crippen LogP contribution in [0.1, 0.15) is 12.8 Å². The highest BCUT2D eigenvalue weighted by molar-refractivity contribution is 7.99. The SMILES string of the molecule is C1CCSC1.NCCS(=O)(=O)O. The van der Waals surface area contributed by atoms with Gasteiger partial charge in [-0.2, -0.15) is 20.2 Å². The molecule has 0 aromatic carbocycles. The van der Waals surface area contributed by atoms with E-state index >= 15 is 0 Å². The monoisotopic (exact) mass is 213 g/mol. The van der Waals surface area contributed by atoms with Gasteiger partial charge < -0.3 is 5.73 Å². The van der Waals surface area contributed by atoms with E-state index in [1.165, 1.54) is 24.3 Å². The van der Waals surface area contributed by atoms with E-state index in [2.05, 4.69) is 11.8 Å². The Morgan fingerprint density at radius 1 is 1.33 bits per heavy atom. The van der Waals surface area contributed by atoms with Crippen LogP contribution in [-0.4, -0.2) is 36.8 Å². The zero-order chi connectivity index (χ0) is 9.45. The molecule has 0 atom stereocenters. The van der Waals surface area contributed by atoms with Gasteiger partial charge in [0, 0.05) is 6.54 Å². The molecule has 1 fully saturated rings. The molecular weight excluding hydrogens is 198 g/mol. The molecule has 1 heterocycles. The third-order valence-electron chi connectivity index (χ3n) is 1.20. The predicted octanol–water partition coefficient (Wildman–Crippen LogP) is 0.346. The molecule has 1 aliphatic heterocycles. The summed E-state index contributed by atoms with van der Waals surface area (Å²) in [7, 11) is -3.80. The van der Waals surface area contributed by atoms with Crippen molar-refractivity contribution in [1.29, 1.82) is 0 Å². The Morgan fingerprint density at radius 2 is 1.83 bits per heavy atom. The smallest absolute Gasteiger partial charge is 0.266 e. The minimum absolute atomic E-state index is 0.0289. The molecule has 0 radical (unpaired) electrons. The van der Waals surface area contributed by atoms with E-state index in [0.717, 1.165) is 0 Å². The lowest BCUT2D eigenvalue weighted by Gasteiger charge is -1.86. The summed E-state index contributed by atoms with van der Waals surface area (Å²) >= 11 is 2.07. The number of hydrogen-bond acceptors (Lipinski definition) is 4. The predicted molar refractivity (Wildman–Crippen MR) is 52.0 cm³/mol. The summed E-state index contributed by atoms with van der Waals surface area (Å²) in [6, 6.07) is 0. The minimum atomic E-state index is -3.80. The Morgan fingerprint density at radius 3 is 1.92 bits per heavy atom. The van der Waals surface area contributed by atoms with Crippen molar-refractivity contribution in [3.8, 4) is 0 Å². The van der Waals surface area contributed by atoms with E-state index in [9.17, 15) is 8.42 Å². The van der Waals surface area contributed by atoms with E-state index < -0.39 is 10.1 Å². The van der Waals surface area contributed by atoms with Crippen molar-refractivity contribution in [2.24, 2.45) is 5.73 Å². The van der Waals surface area contributed by atoms with Crippen LogP contribution in [0.2, 0.25) is 0 Å². The summed E-state index contributed by atoms with van der Waals surface area (Å²) < 4.78 is 27.3. The first kappa shape index (κ1) is 12.2. The van der Waals surface area contributed by atoms with Gasteiger partial charge >= 0.3 is 0 Å². The van der Waals surface area contributed by atoms with Gasteiger partial charge in [0.25, 0.3) is 10.1 Å². The Bertz CT molecular complexity index is 179. The minimum Gasteiger partial charge on any atom is -0.329 e. The summed E-state index contributed by atoms with van der Waals surface area (Å²) in [4.78, 5) is 0. The second-order valence-electron chi connectivity index (χ2n) is 2.39. The van der Waals surface area contributed by atoms with Crippen molar-refractivity contribution in [2.75, 3.05) is 23.8 Å². The van der Waals surface area contributed by atoms with E-state index in [1.54, 1.807) is 0 Å². The topological polar surface area (TPSA) is 80.4 Å². The van der Waals surface area contributed by atoms with E-state index in [-0.39, 0.29) is 12.3 Å². The van der Waals surface area contributed by atoms with E-state index in [0.29, 0.717) is 0 Å². The van der Waals surface area contributed by atoms with Crippen LogP contribution in [0, 0.1) is 0 Å².